The maximum atomic E-state index is 12.9. The van der Waals surface area contributed by atoms with Crippen molar-refractivity contribution in [2.75, 3.05) is 14.2 Å². The second-order valence-electron chi connectivity index (χ2n) is 5.97. The lowest BCUT2D eigenvalue weighted by atomic mass is 9.93. The Hall–Kier alpha value is -2.01. The summed E-state index contributed by atoms with van der Waals surface area (Å²) < 4.78 is 11.7. The Morgan fingerprint density at radius 2 is 1.67 bits per heavy atom. The summed E-state index contributed by atoms with van der Waals surface area (Å²) in [6, 6.07) is 11.6. The van der Waals surface area contributed by atoms with Crippen LogP contribution in [-0.4, -0.2) is 31.1 Å². The van der Waals surface area contributed by atoms with Crippen molar-refractivity contribution in [3.8, 4) is 11.5 Å². The Kier molecular flexibility index (Phi) is 4.81. The zero-order chi connectivity index (χ0) is 17.3. The molecule has 2 aromatic carbocycles. The molecule has 0 saturated carbocycles. The lowest BCUT2D eigenvalue weighted by molar-refractivity contribution is 0.0658. The maximum absolute atomic E-state index is 12.9. The molecular weight excluding hydrogens is 370 g/mol. The van der Waals surface area contributed by atoms with Gasteiger partial charge < -0.3 is 14.4 Å². The summed E-state index contributed by atoms with van der Waals surface area (Å²) in [5, 5.41) is 0. The third-order valence-electron chi connectivity index (χ3n) is 4.45. The van der Waals surface area contributed by atoms with Gasteiger partial charge in [-0.2, -0.15) is 0 Å². The second-order valence-corrected chi connectivity index (χ2v) is 6.88. The number of nitrogens with zero attached hydrogens (tertiary/aromatic N) is 1. The van der Waals surface area contributed by atoms with Crippen LogP contribution in [0, 0.1) is 0 Å². The van der Waals surface area contributed by atoms with E-state index < -0.39 is 0 Å². The molecule has 0 fully saturated rings. The summed E-state index contributed by atoms with van der Waals surface area (Å²) >= 11 is 3.40. The highest BCUT2D eigenvalue weighted by molar-refractivity contribution is 9.10. The van der Waals surface area contributed by atoms with Crippen LogP contribution in [0.4, 0.5) is 0 Å². The van der Waals surface area contributed by atoms with E-state index in [4.69, 9.17) is 9.47 Å². The first-order chi connectivity index (χ1) is 11.5. The molecule has 0 aliphatic carbocycles. The molecule has 0 spiro atoms. The number of hydrogen-bond donors (Lipinski definition) is 0. The van der Waals surface area contributed by atoms with Crippen molar-refractivity contribution in [1.29, 1.82) is 0 Å². The quantitative estimate of drug-likeness (QED) is 0.794. The van der Waals surface area contributed by atoms with Crippen LogP contribution in [0.1, 0.15) is 28.4 Å². The summed E-state index contributed by atoms with van der Waals surface area (Å²) in [7, 11) is 3.26. The molecule has 0 saturated heterocycles. The second kappa shape index (κ2) is 6.85. The van der Waals surface area contributed by atoms with Crippen LogP contribution in [0.15, 0.2) is 40.9 Å². The van der Waals surface area contributed by atoms with Gasteiger partial charge in [0.2, 0.25) is 0 Å². The number of halogens is 1. The first-order valence-corrected chi connectivity index (χ1v) is 8.63. The van der Waals surface area contributed by atoms with Gasteiger partial charge >= 0.3 is 0 Å². The number of rotatable bonds is 3. The average Bonchev–Trinajstić information content (AvgIpc) is 2.60. The van der Waals surface area contributed by atoms with Crippen LogP contribution in [0.2, 0.25) is 0 Å². The Morgan fingerprint density at radius 1 is 1.08 bits per heavy atom. The molecule has 24 heavy (non-hydrogen) atoms. The normalized spacial score (nSPS) is 16.5. The zero-order valence-corrected chi connectivity index (χ0v) is 15.6. The fourth-order valence-electron chi connectivity index (χ4n) is 3.10. The molecule has 0 bridgehead atoms. The predicted molar refractivity (Wildman–Crippen MR) is 96.7 cm³/mol. The van der Waals surface area contributed by atoms with Crippen LogP contribution >= 0.6 is 15.9 Å². The van der Waals surface area contributed by atoms with Crippen LogP contribution < -0.4 is 9.47 Å². The molecule has 126 valence electrons. The van der Waals surface area contributed by atoms with Gasteiger partial charge in [0.25, 0.3) is 5.91 Å². The number of carbonyl (C=O) groups excluding carboxylic acids is 1. The van der Waals surface area contributed by atoms with Crippen molar-refractivity contribution in [3.63, 3.8) is 0 Å². The van der Waals surface area contributed by atoms with Gasteiger partial charge in [0.05, 0.1) is 14.2 Å². The van der Waals surface area contributed by atoms with E-state index in [1.54, 1.807) is 14.2 Å². The van der Waals surface area contributed by atoms with Crippen molar-refractivity contribution in [1.82, 2.24) is 4.90 Å². The van der Waals surface area contributed by atoms with Gasteiger partial charge in [-0.25, -0.2) is 0 Å². The topological polar surface area (TPSA) is 38.8 Å². The highest BCUT2D eigenvalue weighted by Crippen LogP contribution is 2.35. The maximum Gasteiger partial charge on any atom is 0.254 e. The SMILES string of the molecule is COc1cc2c(cc1OC)CN(C(=O)c1ccc(Br)cc1)C(C)C2. The van der Waals surface area contributed by atoms with Gasteiger partial charge in [-0.3, -0.25) is 4.79 Å². The van der Waals surface area contributed by atoms with E-state index >= 15 is 0 Å². The lowest BCUT2D eigenvalue weighted by Crippen LogP contribution is -2.42. The predicted octanol–water partition coefficient (Wildman–Crippen LogP) is 4.05. The minimum Gasteiger partial charge on any atom is -0.493 e. The molecule has 0 aromatic heterocycles. The molecule has 5 heteroatoms. The lowest BCUT2D eigenvalue weighted by Gasteiger charge is -2.35. The number of benzene rings is 2. The van der Waals surface area contributed by atoms with Crippen molar-refractivity contribution >= 4 is 21.8 Å². The third kappa shape index (κ3) is 3.13. The van der Waals surface area contributed by atoms with Crippen molar-refractivity contribution in [2.45, 2.75) is 25.9 Å². The highest BCUT2D eigenvalue weighted by atomic mass is 79.9. The molecule has 4 nitrogen and oxygen atoms in total. The molecule has 3 rings (SSSR count). The number of methoxy groups -OCH3 is 2. The first kappa shape index (κ1) is 16.8. The number of ether oxygens (including phenoxy) is 2. The van der Waals surface area contributed by atoms with Gasteiger partial charge in [0.1, 0.15) is 0 Å². The molecule has 0 radical (unpaired) electrons. The van der Waals surface area contributed by atoms with Gasteiger partial charge in [-0.1, -0.05) is 15.9 Å². The zero-order valence-electron chi connectivity index (χ0n) is 14.0. The largest absolute Gasteiger partial charge is 0.493 e. The van der Waals surface area contributed by atoms with E-state index in [-0.39, 0.29) is 11.9 Å². The number of fused-ring (bicyclic) bond motifs is 1. The van der Waals surface area contributed by atoms with Crippen LogP contribution in [0.5, 0.6) is 11.5 Å². The van der Waals surface area contributed by atoms with E-state index in [0.717, 1.165) is 22.2 Å². The summed E-state index contributed by atoms with van der Waals surface area (Å²) in [4.78, 5) is 14.8. The molecule has 1 aliphatic rings. The Bertz CT molecular complexity index is 758. The van der Waals surface area contributed by atoms with E-state index in [2.05, 4.69) is 22.9 Å². The summed E-state index contributed by atoms with van der Waals surface area (Å²) in [6.45, 7) is 2.65. The van der Waals surface area contributed by atoms with E-state index in [9.17, 15) is 4.79 Å². The van der Waals surface area contributed by atoms with Crippen LogP contribution in [0.25, 0.3) is 0 Å². The van der Waals surface area contributed by atoms with Gasteiger partial charge in [0.15, 0.2) is 11.5 Å². The monoisotopic (exact) mass is 389 g/mol. The highest BCUT2D eigenvalue weighted by Gasteiger charge is 2.28. The van der Waals surface area contributed by atoms with E-state index in [0.29, 0.717) is 17.9 Å². The van der Waals surface area contributed by atoms with E-state index in [1.807, 2.05) is 41.3 Å². The van der Waals surface area contributed by atoms with E-state index in [1.165, 1.54) is 5.56 Å². The molecule has 1 unspecified atom stereocenters. The number of hydrogen-bond acceptors (Lipinski definition) is 3. The van der Waals surface area contributed by atoms with Gasteiger partial charge in [-0.15, -0.1) is 0 Å². The fraction of sp³-hybridized carbons (Fsp3) is 0.316. The molecule has 1 atom stereocenters. The van der Waals surface area contributed by atoms with Crippen molar-refractivity contribution < 1.29 is 14.3 Å². The minimum atomic E-state index is 0.0513. The van der Waals surface area contributed by atoms with Crippen LogP contribution in [-0.2, 0) is 13.0 Å². The smallest absolute Gasteiger partial charge is 0.254 e. The molecule has 1 amide bonds. The van der Waals surface area contributed by atoms with Crippen LogP contribution in [0.3, 0.4) is 0 Å². The third-order valence-corrected chi connectivity index (χ3v) is 4.97. The number of carbonyl (C=O) groups is 1. The fourth-order valence-corrected chi connectivity index (χ4v) is 3.36. The molecule has 1 heterocycles. The molecule has 2 aromatic rings. The summed E-state index contributed by atoms with van der Waals surface area (Å²) in [6.07, 6.45) is 0.804. The minimum absolute atomic E-state index is 0.0513. The van der Waals surface area contributed by atoms with Gasteiger partial charge in [0, 0.05) is 22.6 Å². The Balaban J connectivity index is 1.91. The standard InChI is InChI=1S/C19H20BrNO3/c1-12-8-14-9-17(23-2)18(24-3)10-15(14)11-21(12)19(22)13-4-6-16(20)7-5-13/h4-7,9-10,12H,8,11H2,1-3H3. The Labute approximate surface area is 150 Å². The average molecular weight is 390 g/mol. The summed E-state index contributed by atoms with van der Waals surface area (Å²) in [5.41, 5.74) is 3.02. The molecular formula is C19H20BrNO3. The summed E-state index contributed by atoms with van der Waals surface area (Å²) in [5.74, 6) is 1.48. The number of amides is 1. The molecule has 1 aliphatic heterocycles. The Morgan fingerprint density at radius 3 is 2.25 bits per heavy atom. The van der Waals surface area contributed by atoms with Crippen molar-refractivity contribution in [3.05, 3.63) is 57.6 Å². The first-order valence-electron chi connectivity index (χ1n) is 7.83. The van der Waals surface area contributed by atoms with Crippen molar-refractivity contribution in [2.24, 2.45) is 0 Å². The van der Waals surface area contributed by atoms with Gasteiger partial charge in [-0.05, 0) is 60.9 Å². The molecule has 0 N–H and O–H groups in total.